The van der Waals surface area contributed by atoms with Gasteiger partial charge in [-0.1, -0.05) is 49.4 Å². The number of likely N-dealkylation sites (tertiary alicyclic amines) is 1. The third-order valence-corrected chi connectivity index (χ3v) is 9.86. The number of carbonyl (C=O) groups is 3. The number of benzene rings is 1. The molecule has 3 aliphatic rings. The van der Waals surface area contributed by atoms with Crippen LogP contribution in [0.1, 0.15) is 38.2 Å². The van der Waals surface area contributed by atoms with Crippen LogP contribution in [0.5, 0.6) is 0 Å². The van der Waals surface area contributed by atoms with Gasteiger partial charge in [0.25, 0.3) is 0 Å². The molecule has 3 saturated heterocycles. The van der Waals surface area contributed by atoms with Crippen LogP contribution in [0.2, 0.25) is 0 Å². The van der Waals surface area contributed by atoms with Gasteiger partial charge in [-0.15, -0.1) is 24.9 Å². The highest BCUT2D eigenvalue weighted by molar-refractivity contribution is 8.02. The Morgan fingerprint density at radius 1 is 1.16 bits per heavy atom. The van der Waals surface area contributed by atoms with Gasteiger partial charge in [-0.2, -0.15) is 0 Å². The Bertz CT molecular complexity index is 1020. The van der Waals surface area contributed by atoms with Crippen molar-refractivity contribution in [2.75, 3.05) is 32.8 Å². The van der Waals surface area contributed by atoms with E-state index in [0.717, 1.165) is 24.8 Å². The fraction of sp³-hybridized carbons (Fsp3) is 0.552. The summed E-state index contributed by atoms with van der Waals surface area (Å²) in [6.07, 6.45) is 6.22. The second-order valence-electron chi connectivity index (χ2n) is 10.2. The normalized spacial score (nSPS) is 27.7. The number of thioether (sulfide) groups is 1. The molecule has 3 amide bonds. The molecule has 1 aromatic rings. The average molecular weight is 526 g/mol. The molecule has 3 fully saturated rings. The maximum Gasteiger partial charge on any atom is 0.247 e. The highest BCUT2D eigenvalue weighted by atomic mass is 32.2. The molecule has 1 spiro atoms. The van der Waals surface area contributed by atoms with Crippen molar-refractivity contribution in [2.45, 2.75) is 55.2 Å². The Kier molecular flexibility index (Phi) is 8.80. The molecule has 37 heavy (non-hydrogen) atoms. The molecular formula is C29H39N3O4S. The lowest BCUT2D eigenvalue weighted by Crippen LogP contribution is -2.55. The number of carbonyl (C=O) groups excluding carboxylic acids is 3. The van der Waals surface area contributed by atoms with Crippen molar-refractivity contribution in [3.63, 3.8) is 0 Å². The van der Waals surface area contributed by atoms with Gasteiger partial charge in [0.2, 0.25) is 17.7 Å². The second kappa shape index (κ2) is 11.9. The molecule has 1 aromatic carbocycles. The van der Waals surface area contributed by atoms with Gasteiger partial charge in [-0.3, -0.25) is 14.4 Å². The lowest BCUT2D eigenvalue weighted by molar-refractivity contribution is -0.145. The van der Waals surface area contributed by atoms with Crippen LogP contribution in [0.15, 0.2) is 55.6 Å². The lowest BCUT2D eigenvalue weighted by Gasteiger charge is -2.37. The molecule has 4 rings (SSSR count). The van der Waals surface area contributed by atoms with Gasteiger partial charge in [0, 0.05) is 44.6 Å². The second-order valence-corrected chi connectivity index (χ2v) is 11.8. The maximum absolute atomic E-state index is 14.3. The standard InChI is InChI=1S/C29H39N3O4S/c1-4-15-30(16-5-2)26(34)23-22-13-14-29(37-22)24(23)27(35)32(18-10-19-33)25(29)28(36)31(17-6-3)20-21-11-8-7-9-12-21/h4,6-9,11-12,22-25,33H,1,3,5,10,13-20H2,2H3/t22-,23+,24+,25?,29?/m1/s1. The number of hydrogen-bond acceptors (Lipinski definition) is 5. The van der Waals surface area contributed by atoms with Gasteiger partial charge < -0.3 is 19.8 Å². The molecule has 0 radical (unpaired) electrons. The Hall–Kier alpha value is -2.58. The summed E-state index contributed by atoms with van der Waals surface area (Å²) in [6.45, 7) is 11.8. The third-order valence-electron chi connectivity index (χ3n) is 7.91. The first-order valence-electron chi connectivity index (χ1n) is 13.4. The van der Waals surface area contributed by atoms with Gasteiger partial charge in [0.15, 0.2) is 0 Å². The molecule has 1 N–H and O–H groups in total. The number of amides is 3. The van der Waals surface area contributed by atoms with Crippen LogP contribution in [-0.2, 0) is 20.9 Å². The zero-order valence-electron chi connectivity index (χ0n) is 21.8. The monoisotopic (exact) mass is 525 g/mol. The highest BCUT2D eigenvalue weighted by Crippen LogP contribution is 2.66. The molecule has 8 heteroatoms. The summed E-state index contributed by atoms with van der Waals surface area (Å²) < 4.78 is -0.628. The Balaban J connectivity index is 1.70. The van der Waals surface area contributed by atoms with E-state index in [1.807, 2.05) is 42.2 Å². The summed E-state index contributed by atoms with van der Waals surface area (Å²) in [4.78, 5) is 47.4. The SMILES string of the molecule is C=CCN(Cc1ccccc1)C(=O)C1N(CCCO)C(=O)[C@@H]2[C@@H](C(=O)N(CC=C)CCC)[C@H]3CCC12S3. The summed E-state index contributed by atoms with van der Waals surface area (Å²) >= 11 is 1.69. The Labute approximate surface area is 224 Å². The molecule has 200 valence electrons. The minimum Gasteiger partial charge on any atom is -0.396 e. The van der Waals surface area contributed by atoms with Crippen molar-refractivity contribution >= 4 is 29.5 Å². The fourth-order valence-electron chi connectivity index (χ4n) is 6.49. The van der Waals surface area contributed by atoms with Crippen LogP contribution in [0.3, 0.4) is 0 Å². The van der Waals surface area contributed by atoms with Crippen LogP contribution in [-0.4, -0.2) is 86.4 Å². The smallest absolute Gasteiger partial charge is 0.247 e. The predicted molar refractivity (Wildman–Crippen MR) is 147 cm³/mol. The number of rotatable bonds is 13. The molecule has 0 aliphatic carbocycles. The molecule has 0 saturated carbocycles. The maximum atomic E-state index is 14.3. The largest absolute Gasteiger partial charge is 0.396 e. The van der Waals surface area contributed by atoms with E-state index >= 15 is 0 Å². The van der Waals surface area contributed by atoms with E-state index in [0.29, 0.717) is 39.1 Å². The van der Waals surface area contributed by atoms with E-state index < -0.39 is 22.6 Å². The number of aliphatic hydroxyl groups is 1. The lowest BCUT2D eigenvalue weighted by atomic mass is 9.70. The predicted octanol–water partition coefficient (Wildman–Crippen LogP) is 3.10. The van der Waals surface area contributed by atoms with Crippen molar-refractivity contribution in [1.29, 1.82) is 0 Å². The van der Waals surface area contributed by atoms with Gasteiger partial charge in [0.05, 0.1) is 16.6 Å². The van der Waals surface area contributed by atoms with E-state index in [1.54, 1.807) is 33.7 Å². The molecule has 3 aliphatic heterocycles. The van der Waals surface area contributed by atoms with Crippen molar-refractivity contribution < 1.29 is 19.5 Å². The number of aliphatic hydroxyl groups excluding tert-OH is 1. The summed E-state index contributed by atoms with van der Waals surface area (Å²) in [5.41, 5.74) is 1.01. The van der Waals surface area contributed by atoms with Gasteiger partial charge in [-0.25, -0.2) is 0 Å². The first-order valence-corrected chi connectivity index (χ1v) is 14.2. The zero-order chi connectivity index (χ0) is 26.6. The molecule has 3 heterocycles. The Morgan fingerprint density at radius 3 is 2.51 bits per heavy atom. The van der Waals surface area contributed by atoms with Gasteiger partial charge in [0.1, 0.15) is 6.04 Å². The minimum atomic E-state index is -0.660. The van der Waals surface area contributed by atoms with E-state index in [9.17, 15) is 19.5 Å². The summed E-state index contributed by atoms with van der Waals surface area (Å²) in [5.74, 6) is -1.18. The minimum absolute atomic E-state index is 0.00150. The van der Waals surface area contributed by atoms with Crippen LogP contribution in [0.25, 0.3) is 0 Å². The van der Waals surface area contributed by atoms with Crippen molar-refractivity contribution in [3.05, 3.63) is 61.2 Å². The van der Waals surface area contributed by atoms with Crippen LogP contribution in [0, 0.1) is 11.8 Å². The molecular weight excluding hydrogens is 486 g/mol. The highest BCUT2D eigenvalue weighted by Gasteiger charge is 2.73. The van der Waals surface area contributed by atoms with Crippen molar-refractivity contribution in [3.8, 4) is 0 Å². The van der Waals surface area contributed by atoms with E-state index in [1.165, 1.54) is 0 Å². The molecule has 7 nitrogen and oxygen atoms in total. The van der Waals surface area contributed by atoms with E-state index in [4.69, 9.17) is 0 Å². The van der Waals surface area contributed by atoms with Crippen LogP contribution < -0.4 is 0 Å². The van der Waals surface area contributed by atoms with E-state index in [2.05, 4.69) is 13.2 Å². The van der Waals surface area contributed by atoms with E-state index in [-0.39, 0.29) is 29.6 Å². The van der Waals surface area contributed by atoms with Crippen LogP contribution >= 0.6 is 11.8 Å². The first kappa shape index (κ1) is 27.5. The quantitative estimate of drug-likeness (QED) is 0.401. The summed E-state index contributed by atoms with van der Waals surface area (Å²) in [6, 6.07) is 9.15. The number of hydrogen-bond donors (Lipinski definition) is 1. The van der Waals surface area contributed by atoms with Crippen molar-refractivity contribution in [1.82, 2.24) is 14.7 Å². The summed E-state index contributed by atoms with van der Waals surface area (Å²) in [7, 11) is 0. The molecule has 2 unspecified atom stereocenters. The molecule has 2 bridgehead atoms. The molecule has 5 atom stereocenters. The number of fused-ring (bicyclic) bond motifs is 1. The Morgan fingerprint density at radius 2 is 1.86 bits per heavy atom. The van der Waals surface area contributed by atoms with Crippen LogP contribution in [0.4, 0.5) is 0 Å². The first-order chi connectivity index (χ1) is 17.9. The zero-order valence-corrected chi connectivity index (χ0v) is 22.6. The third kappa shape index (κ3) is 4.98. The average Bonchev–Trinajstić information content (AvgIpc) is 3.54. The van der Waals surface area contributed by atoms with Crippen molar-refractivity contribution in [2.24, 2.45) is 11.8 Å². The molecule has 0 aromatic heterocycles. The van der Waals surface area contributed by atoms with Gasteiger partial charge >= 0.3 is 0 Å². The topological polar surface area (TPSA) is 81.2 Å². The van der Waals surface area contributed by atoms with Gasteiger partial charge in [-0.05, 0) is 31.2 Å². The fourth-order valence-corrected chi connectivity index (χ4v) is 8.69. The summed E-state index contributed by atoms with van der Waals surface area (Å²) in [5, 5.41) is 9.60. The number of nitrogens with zero attached hydrogens (tertiary/aromatic N) is 3.